The molecule has 0 aliphatic carbocycles. The van der Waals surface area contributed by atoms with E-state index in [-0.39, 0.29) is 0 Å². The Balaban J connectivity index is 2.21. The molecule has 5 N–H and O–H groups in total. The lowest BCUT2D eigenvalue weighted by molar-refractivity contribution is 0.0564. The molecule has 23 heavy (non-hydrogen) atoms. The molecule has 1 aromatic rings. The summed E-state index contributed by atoms with van der Waals surface area (Å²) in [5, 5.41) is 11.1. The van der Waals surface area contributed by atoms with Gasteiger partial charge < -0.3 is 15.6 Å². The first-order valence-electron chi connectivity index (χ1n) is 7.43. The number of nitrogens with two attached hydrogens (primary N) is 1. The van der Waals surface area contributed by atoms with Crippen molar-refractivity contribution < 1.29 is 14.6 Å². The van der Waals surface area contributed by atoms with E-state index >= 15 is 0 Å². The molecule has 1 aliphatic heterocycles. The second-order valence-electron chi connectivity index (χ2n) is 6.76. The van der Waals surface area contributed by atoms with Crippen LogP contribution < -0.4 is 11.1 Å². The highest BCUT2D eigenvalue weighted by molar-refractivity contribution is 8.13. The summed E-state index contributed by atoms with van der Waals surface area (Å²) in [7, 11) is 0. The Hall–Kier alpha value is -1.89. The lowest BCUT2D eigenvalue weighted by atomic mass is 9.89. The first-order valence-corrected chi connectivity index (χ1v) is 8.41. The number of nitrogen functional groups attached to an aromatic ring is 1. The van der Waals surface area contributed by atoms with Crippen molar-refractivity contribution in [2.24, 2.45) is 4.99 Å². The highest BCUT2D eigenvalue weighted by atomic mass is 32.2. The van der Waals surface area contributed by atoms with Gasteiger partial charge in [-0.25, -0.2) is 4.79 Å². The predicted octanol–water partition coefficient (Wildman–Crippen LogP) is 2.94. The number of ether oxygens (including phenoxy) is 1. The van der Waals surface area contributed by atoms with Crippen molar-refractivity contribution in [3.8, 4) is 5.75 Å². The molecule has 0 radical (unpaired) electrons. The molecule has 7 heteroatoms. The van der Waals surface area contributed by atoms with E-state index in [1.807, 2.05) is 33.8 Å². The topological polar surface area (TPSA) is 99.6 Å². The van der Waals surface area contributed by atoms with E-state index in [9.17, 15) is 4.79 Å². The van der Waals surface area contributed by atoms with Crippen LogP contribution in [-0.2, 0) is 10.3 Å². The number of anilines is 1. The van der Waals surface area contributed by atoms with E-state index < -0.39 is 17.2 Å². The molecule has 1 atom stereocenters. The zero-order chi connectivity index (χ0) is 17.3. The van der Waals surface area contributed by atoms with Crippen molar-refractivity contribution in [2.75, 3.05) is 11.5 Å². The molecule has 1 aromatic carbocycles. The maximum atomic E-state index is 11.9. The van der Waals surface area contributed by atoms with Crippen molar-refractivity contribution in [2.45, 2.75) is 45.3 Å². The summed E-state index contributed by atoms with van der Waals surface area (Å²) in [5.41, 5.74) is 6.20. The minimum atomic E-state index is -0.554. The minimum absolute atomic E-state index is 0.358. The number of nitrogens with one attached hydrogen (secondary N) is 1. The number of carbonyl (C=O) groups excluding carboxylic acids is 1. The van der Waals surface area contributed by atoms with Gasteiger partial charge in [-0.3, -0.25) is 10.3 Å². The monoisotopic (exact) mass is 338 g/mol. The van der Waals surface area contributed by atoms with Gasteiger partial charge in [-0.05, 0) is 45.7 Å². The van der Waals surface area contributed by atoms with Crippen LogP contribution in [0.15, 0.2) is 23.2 Å². The molecule has 1 amide bonds. The van der Waals surface area contributed by atoms with E-state index in [0.717, 1.165) is 17.7 Å². The fraction of sp³-hybridized carbons (Fsp3) is 0.500. The van der Waals surface area contributed by atoms with Gasteiger partial charge >= 0.3 is 6.09 Å². The summed E-state index contributed by atoms with van der Waals surface area (Å²) in [4.78, 5) is 16.6. The van der Waals surface area contributed by atoms with Gasteiger partial charge in [0, 0.05) is 17.5 Å². The number of hydrogen-bond donors (Lipinski definition) is 2. The van der Waals surface area contributed by atoms with Crippen LogP contribution in [0.4, 0.5) is 10.5 Å². The Morgan fingerprint density at radius 3 is 2.74 bits per heavy atom. The predicted molar refractivity (Wildman–Crippen MR) is 95.1 cm³/mol. The van der Waals surface area contributed by atoms with Crippen LogP contribution in [0.1, 0.15) is 39.7 Å². The highest BCUT2D eigenvalue weighted by Gasteiger charge is 2.32. The van der Waals surface area contributed by atoms with Crippen LogP contribution in [0.2, 0.25) is 0 Å². The summed E-state index contributed by atoms with van der Waals surface area (Å²) in [6, 6.07) is 5.21. The minimum Gasteiger partial charge on any atom is -0.593 e. The third kappa shape index (κ3) is 4.79. The maximum absolute atomic E-state index is 11.9. The molecule has 1 unspecified atom stereocenters. The van der Waals surface area contributed by atoms with E-state index in [0.29, 0.717) is 16.6 Å². The Kier molecular flexibility index (Phi) is 4.79. The summed E-state index contributed by atoms with van der Waals surface area (Å²) >= 11 is 1.48. The second kappa shape index (κ2) is 6.31. The second-order valence-corrected chi connectivity index (χ2v) is 7.84. The molecule has 0 bridgehead atoms. The van der Waals surface area contributed by atoms with Crippen molar-refractivity contribution in [1.29, 1.82) is 0 Å². The van der Waals surface area contributed by atoms with Gasteiger partial charge in [0.1, 0.15) is 5.60 Å². The van der Waals surface area contributed by atoms with E-state index in [2.05, 4.69) is 10.3 Å². The molecule has 0 fully saturated rings. The van der Waals surface area contributed by atoms with Gasteiger partial charge in [0.2, 0.25) is 0 Å². The van der Waals surface area contributed by atoms with Crippen molar-refractivity contribution in [3.63, 3.8) is 0 Å². The molecule has 0 spiro atoms. The smallest absolute Gasteiger partial charge is 0.413 e. The molecule has 2 rings (SSSR count). The van der Waals surface area contributed by atoms with Crippen LogP contribution in [0.5, 0.6) is 5.75 Å². The molecule has 1 aliphatic rings. The van der Waals surface area contributed by atoms with Gasteiger partial charge in [-0.2, -0.15) is 0 Å². The highest BCUT2D eigenvalue weighted by Crippen LogP contribution is 2.37. The molecule has 0 aromatic heterocycles. The Labute approximate surface area is 140 Å². The van der Waals surface area contributed by atoms with E-state index in [1.165, 1.54) is 11.8 Å². The fourth-order valence-electron chi connectivity index (χ4n) is 2.29. The molecule has 0 saturated carbocycles. The van der Waals surface area contributed by atoms with Crippen LogP contribution >= 0.6 is 11.8 Å². The average molecular weight is 338 g/mol. The number of hydrogen-bond acceptors (Lipinski definition) is 5. The molecule has 0 saturated heterocycles. The molecular formula is C16H24N3O3S+. The van der Waals surface area contributed by atoms with Gasteiger partial charge in [0.05, 0.1) is 11.6 Å². The molecule has 6 nitrogen and oxygen atoms in total. The Bertz CT molecular complexity index is 620. The van der Waals surface area contributed by atoms with Gasteiger partial charge in [-0.15, -0.1) is 0 Å². The van der Waals surface area contributed by atoms with Gasteiger partial charge in [-0.1, -0.05) is 11.8 Å². The SMILES string of the molecule is CC(C)(C)OC(=O)NC1=NC(C)(c2cc(N)cc([OH2+])c2)CCS1. The van der Waals surface area contributed by atoms with Crippen LogP contribution in [-0.4, -0.2) is 27.7 Å². The lowest BCUT2D eigenvalue weighted by Gasteiger charge is -2.31. The number of thioether (sulfide) groups is 1. The quantitative estimate of drug-likeness (QED) is 0.607. The number of amides is 1. The zero-order valence-corrected chi connectivity index (χ0v) is 14.7. The Morgan fingerprint density at radius 2 is 2.13 bits per heavy atom. The third-order valence-electron chi connectivity index (χ3n) is 3.36. The average Bonchev–Trinajstić information content (AvgIpc) is 2.35. The zero-order valence-electron chi connectivity index (χ0n) is 13.9. The summed E-state index contributed by atoms with van der Waals surface area (Å²) in [5.74, 6) is 1.17. The third-order valence-corrected chi connectivity index (χ3v) is 4.24. The van der Waals surface area contributed by atoms with Crippen LogP contribution in [0, 0.1) is 0 Å². The number of benzene rings is 1. The Morgan fingerprint density at radius 1 is 1.43 bits per heavy atom. The maximum Gasteiger partial charge on any atom is 0.413 e. The standard InChI is InChI=1S/C16H23N3O3S/c1-15(2,3)22-14(21)18-13-19-16(4,5-6-23-13)10-7-11(17)9-12(20)8-10/h7-9,20H,5-6,17H2,1-4H3,(H,18,19,21)/p+1. The summed E-state index contributed by atoms with van der Waals surface area (Å²) in [6.07, 6.45) is 0.293. The van der Waals surface area contributed by atoms with Gasteiger partial charge in [0.15, 0.2) is 5.17 Å². The number of aliphatic imine (C=N–C) groups is 1. The van der Waals surface area contributed by atoms with Crippen molar-refractivity contribution in [3.05, 3.63) is 23.8 Å². The van der Waals surface area contributed by atoms with E-state index in [1.54, 1.807) is 12.1 Å². The number of alkyl carbamates (subject to hydrolysis) is 1. The number of nitrogens with zero attached hydrogens (tertiary/aromatic N) is 1. The molecule has 126 valence electrons. The first kappa shape index (κ1) is 17.5. The summed E-state index contributed by atoms with van der Waals surface area (Å²) in [6.45, 7) is 7.43. The number of carbonyl (C=O) groups is 1. The number of rotatable bonds is 1. The van der Waals surface area contributed by atoms with Crippen LogP contribution in [0.25, 0.3) is 0 Å². The summed E-state index contributed by atoms with van der Waals surface area (Å²) < 4.78 is 5.26. The lowest BCUT2D eigenvalue weighted by Crippen LogP contribution is -2.38. The normalized spacial score (nSPS) is 21.5. The van der Waals surface area contributed by atoms with Crippen LogP contribution in [0.3, 0.4) is 0 Å². The van der Waals surface area contributed by atoms with E-state index in [4.69, 9.17) is 15.6 Å². The molecular weight excluding hydrogens is 314 g/mol. The fourth-order valence-corrected chi connectivity index (χ4v) is 3.40. The molecule has 1 heterocycles. The van der Waals surface area contributed by atoms with Gasteiger partial charge in [0.25, 0.3) is 5.75 Å². The largest absolute Gasteiger partial charge is 0.593 e. The number of amidine groups is 1. The first-order chi connectivity index (χ1) is 10.6. The van der Waals surface area contributed by atoms with Crippen molar-refractivity contribution in [1.82, 2.24) is 5.32 Å². The van der Waals surface area contributed by atoms with Crippen molar-refractivity contribution >= 4 is 28.7 Å².